The van der Waals surface area contributed by atoms with Crippen LogP contribution in [-0.4, -0.2) is 10.9 Å². The monoisotopic (exact) mass is 373 g/mol. The van der Waals surface area contributed by atoms with Gasteiger partial charge in [-0.15, -0.1) is 11.3 Å². The molecule has 3 N–H and O–H groups in total. The number of halogens is 1. The van der Waals surface area contributed by atoms with Crippen LogP contribution in [0.15, 0.2) is 58.4 Å². The maximum absolute atomic E-state index is 12.3. The molecular weight excluding hydrogens is 362 g/mol. The molecule has 0 aliphatic heterocycles. The molecule has 6 heteroatoms. The molecular formula is C16H12BrN3OS. The number of aromatic nitrogens is 1. The Bertz CT molecular complexity index is 832. The minimum absolute atomic E-state index is 0.156. The maximum atomic E-state index is 12.3. The van der Waals surface area contributed by atoms with Crippen LogP contribution < -0.4 is 11.1 Å². The van der Waals surface area contributed by atoms with Gasteiger partial charge in [-0.3, -0.25) is 4.79 Å². The number of nitrogens with two attached hydrogens (primary N) is 1. The van der Waals surface area contributed by atoms with Gasteiger partial charge in [-0.2, -0.15) is 0 Å². The number of anilines is 2. The van der Waals surface area contributed by atoms with Gasteiger partial charge in [0.2, 0.25) is 0 Å². The van der Waals surface area contributed by atoms with Gasteiger partial charge in [0.1, 0.15) is 0 Å². The number of thiazole rings is 1. The number of carbonyl (C=O) groups is 1. The van der Waals surface area contributed by atoms with Crippen LogP contribution in [0.4, 0.5) is 10.8 Å². The van der Waals surface area contributed by atoms with E-state index in [2.05, 4.69) is 26.2 Å². The summed E-state index contributed by atoms with van der Waals surface area (Å²) in [5.41, 5.74) is 8.69. The molecule has 0 aliphatic rings. The molecule has 1 amide bonds. The summed E-state index contributed by atoms with van der Waals surface area (Å²) in [5.74, 6) is -0.156. The van der Waals surface area contributed by atoms with Crippen LogP contribution in [0, 0.1) is 0 Å². The Morgan fingerprint density at radius 1 is 1.18 bits per heavy atom. The Morgan fingerprint density at radius 3 is 2.73 bits per heavy atom. The zero-order chi connectivity index (χ0) is 15.5. The number of nitrogens with one attached hydrogen (secondary N) is 1. The molecule has 0 aliphatic carbocycles. The van der Waals surface area contributed by atoms with Crippen molar-refractivity contribution in [2.75, 3.05) is 11.1 Å². The predicted octanol–water partition coefficient (Wildman–Crippen LogP) is 4.41. The topological polar surface area (TPSA) is 68.0 Å². The molecule has 4 nitrogen and oxygen atoms in total. The highest BCUT2D eigenvalue weighted by atomic mass is 79.9. The Hall–Kier alpha value is -2.18. The number of hydrogen-bond donors (Lipinski definition) is 2. The lowest BCUT2D eigenvalue weighted by atomic mass is 10.1. The van der Waals surface area contributed by atoms with Crippen molar-refractivity contribution in [1.29, 1.82) is 0 Å². The third kappa shape index (κ3) is 3.35. The SMILES string of the molecule is Nc1nc(-c2cccc(NC(=O)c3cccc(Br)c3)c2)cs1. The van der Waals surface area contributed by atoms with Crippen LogP contribution in [0.1, 0.15) is 10.4 Å². The van der Waals surface area contributed by atoms with E-state index in [1.807, 2.05) is 41.8 Å². The number of carbonyl (C=O) groups excluding carboxylic acids is 1. The van der Waals surface area contributed by atoms with Crippen molar-refractivity contribution in [3.05, 3.63) is 63.9 Å². The van der Waals surface area contributed by atoms with Crippen LogP contribution >= 0.6 is 27.3 Å². The summed E-state index contributed by atoms with van der Waals surface area (Å²) in [5, 5.41) is 5.31. The normalized spacial score (nSPS) is 10.4. The first kappa shape index (κ1) is 14.7. The van der Waals surface area contributed by atoms with Gasteiger partial charge in [0, 0.05) is 26.7 Å². The van der Waals surface area contributed by atoms with Crippen LogP contribution in [0.3, 0.4) is 0 Å². The Balaban J connectivity index is 1.82. The second-order valence-electron chi connectivity index (χ2n) is 4.62. The number of hydrogen-bond acceptors (Lipinski definition) is 4. The number of nitrogens with zero attached hydrogens (tertiary/aromatic N) is 1. The quantitative estimate of drug-likeness (QED) is 0.714. The molecule has 3 aromatic rings. The zero-order valence-corrected chi connectivity index (χ0v) is 13.8. The van der Waals surface area contributed by atoms with E-state index in [0.29, 0.717) is 16.4 Å². The van der Waals surface area contributed by atoms with Crippen LogP contribution in [-0.2, 0) is 0 Å². The number of rotatable bonds is 3. The van der Waals surface area contributed by atoms with Gasteiger partial charge in [-0.25, -0.2) is 4.98 Å². The van der Waals surface area contributed by atoms with Gasteiger partial charge in [0.15, 0.2) is 5.13 Å². The molecule has 3 rings (SSSR count). The standard InChI is InChI=1S/C16H12BrN3OS/c17-12-5-1-4-11(7-12)15(21)19-13-6-2-3-10(8-13)14-9-22-16(18)20-14/h1-9H,(H2,18,20)(H,19,21). The van der Waals surface area contributed by atoms with Crippen LogP contribution in [0.2, 0.25) is 0 Å². The van der Waals surface area contributed by atoms with Crippen LogP contribution in [0.5, 0.6) is 0 Å². The lowest BCUT2D eigenvalue weighted by Crippen LogP contribution is -2.11. The molecule has 0 saturated heterocycles. The number of nitrogen functional groups attached to an aromatic ring is 1. The highest BCUT2D eigenvalue weighted by Crippen LogP contribution is 2.25. The summed E-state index contributed by atoms with van der Waals surface area (Å²) in [6.45, 7) is 0. The number of amides is 1. The van der Waals surface area contributed by atoms with Crippen molar-refractivity contribution in [3.8, 4) is 11.3 Å². The minimum Gasteiger partial charge on any atom is -0.375 e. The van der Waals surface area contributed by atoms with Crippen molar-refractivity contribution in [3.63, 3.8) is 0 Å². The molecule has 0 saturated carbocycles. The van der Waals surface area contributed by atoms with Gasteiger partial charge in [-0.05, 0) is 30.3 Å². The van der Waals surface area contributed by atoms with Crippen molar-refractivity contribution in [2.45, 2.75) is 0 Å². The molecule has 1 heterocycles. The van der Waals surface area contributed by atoms with Gasteiger partial charge < -0.3 is 11.1 Å². The van der Waals surface area contributed by atoms with Gasteiger partial charge in [0.25, 0.3) is 5.91 Å². The molecule has 0 bridgehead atoms. The van der Waals surface area contributed by atoms with Gasteiger partial charge in [0.05, 0.1) is 5.69 Å². The molecule has 1 aromatic heterocycles. The van der Waals surface area contributed by atoms with E-state index in [4.69, 9.17) is 5.73 Å². The molecule has 0 spiro atoms. The van der Waals surface area contributed by atoms with E-state index in [0.717, 1.165) is 15.7 Å². The third-order valence-electron chi connectivity index (χ3n) is 3.02. The van der Waals surface area contributed by atoms with E-state index < -0.39 is 0 Å². The highest BCUT2D eigenvalue weighted by Gasteiger charge is 2.08. The zero-order valence-electron chi connectivity index (χ0n) is 11.4. The van der Waals surface area contributed by atoms with Crippen molar-refractivity contribution in [1.82, 2.24) is 4.98 Å². The number of benzene rings is 2. The summed E-state index contributed by atoms with van der Waals surface area (Å²) in [4.78, 5) is 16.5. The summed E-state index contributed by atoms with van der Waals surface area (Å²) >= 11 is 4.75. The molecule has 2 aromatic carbocycles. The fourth-order valence-electron chi connectivity index (χ4n) is 2.01. The Morgan fingerprint density at radius 2 is 2.00 bits per heavy atom. The fraction of sp³-hybridized carbons (Fsp3) is 0. The summed E-state index contributed by atoms with van der Waals surface area (Å²) in [6.07, 6.45) is 0. The van der Waals surface area contributed by atoms with E-state index in [1.165, 1.54) is 11.3 Å². The first-order valence-corrected chi connectivity index (χ1v) is 8.17. The highest BCUT2D eigenvalue weighted by molar-refractivity contribution is 9.10. The maximum Gasteiger partial charge on any atom is 0.255 e. The molecule has 0 radical (unpaired) electrons. The summed E-state index contributed by atoms with van der Waals surface area (Å²) in [7, 11) is 0. The van der Waals surface area contributed by atoms with E-state index in [1.54, 1.807) is 12.1 Å². The lowest BCUT2D eigenvalue weighted by Gasteiger charge is -2.07. The molecule has 0 atom stereocenters. The largest absolute Gasteiger partial charge is 0.375 e. The van der Waals surface area contributed by atoms with Gasteiger partial charge >= 0.3 is 0 Å². The van der Waals surface area contributed by atoms with E-state index in [-0.39, 0.29) is 5.91 Å². The van der Waals surface area contributed by atoms with E-state index >= 15 is 0 Å². The first-order chi connectivity index (χ1) is 10.6. The Kier molecular flexibility index (Phi) is 4.22. The molecule has 0 unspecified atom stereocenters. The first-order valence-electron chi connectivity index (χ1n) is 6.50. The van der Waals surface area contributed by atoms with Crippen molar-refractivity contribution < 1.29 is 4.79 Å². The molecule has 0 fully saturated rings. The molecule has 22 heavy (non-hydrogen) atoms. The second kappa shape index (κ2) is 6.29. The van der Waals surface area contributed by atoms with Gasteiger partial charge in [-0.1, -0.05) is 34.1 Å². The van der Waals surface area contributed by atoms with Crippen molar-refractivity contribution >= 4 is 44.0 Å². The average Bonchev–Trinajstić information content (AvgIpc) is 2.94. The smallest absolute Gasteiger partial charge is 0.255 e. The summed E-state index contributed by atoms with van der Waals surface area (Å²) in [6, 6.07) is 14.8. The third-order valence-corrected chi connectivity index (χ3v) is 4.19. The Labute approximate surface area is 140 Å². The minimum atomic E-state index is -0.156. The summed E-state index contributed by atoms with van der Waals surface area (Å²) < 4.78 is 0.867. The van der Waals surface area contributed by atoms with E-state index in [9.17, 15) is 4.79 Å². The second-order valence-corrected chi connectivity index (χ2v) is 6.42. The predicted molar refractivity (Wildman–Crippen MR) is 94.1 cm³/mol. The fourth-order valence-corrected chi connectivity index (χ4v) is 2.98. The van der Waals surface area contributed by atoms with Crippen LogP contribution in [0.25, 0.3) is 11.3 Å². The molecule has 110 valence electrons. The lowest BCUT2D eigenvalue weighted by molar-refractivity contribution is 0.102. The van der Waals surface area contributed by atoms with Crippen molar-refractivity contribution in [2.24, 2.45) is 0 Å². The average molecular weight is 374 g/mol.